The average molecular weight is 280 g/mol. The highest BCUT2D eigenvalue weighted by Crippen LogP contribution is 2.37. The van der Waals surface area contributed by atoms with Gasteiger partial charge in [-0.2, -0.15) is 0 Å². The predicted octanol–water partition coefficient (Wildman–Crippen LogP) is 2.33. The molecule has 1 aromatic rings. The third-order valence-electron chi connectivity index (χ3n) is 2.51. The van der Waals surface area contributed by atoms with Gasteiger partial charge in [0.1, 0.15) is 11.3 Å². The van der Waals surface area contributed by atoms with Crippen molar-refractivity contribution in [2.75, 3.05) is 0 Å². The second-order valence-corrected chi connectivity index (χ2v) is 4.55. The van der Waals surface area contributed by atoms with Crippen molar-refractivity contribution >= 4 is 17.6 Å². The van der Waals surface area contributed by atoms with Gasteiger partial charge >= 0.3 is 5.97 Å². The van der Waals surface area contributed by atoms with E-state index in [1.807, 2.05) is 0 Å². The number of carboxylic acids is 1. The van der Waals surface area contributed by atoms with Crippen LogP contribution in [0.25, 0.3) is 0 Å². The van der Waals surface area contributed by atoms with Crippen LogP contribution in [0.4, 0.5) is 8.78 Å². The van der Waals surface area contributed by atoms with Gasteiger partial charge in [0.2, 0.25) is 0 Å². The third-order valence-corrected chi connectivity index (χ3v) is 2.91. The Balaban J connectivity index is 3.26. The Kier molecular flexibility index (Phi) is 4.13. The van der Waals surface area contributed by atoms with Gasteiger partial charge in [-0.3, -0.25) is 4.79 Å². The molecule has 0 fully saturated rings. The number of hydrogen-bond acceptors (Lipinski definition) is 3. The van der Waals surface area contributed by atoms with Crippen LogP contribution in [-0.2, 0) is 11.2 Å². The van der Waals surface area contributed by atoms with Gasteiger partial charge in [-0.25, -0.2) is 8.78 Å². The topological polar surface area (TPSA) is 83.5 Å². The molecule has 18 heavy (non-hydrogen) atoms. The van der Waals surface area contributed by atoms with E-state index in [4.69, 9.17) is 22.4 Å². The number of carbonyl (C=O) groups is 1. The number of hydrogen-bond donors (Lipinski definition) is 3. The zero-order valence-electron chi connectivity index (χ0n) is 9.45. The summed E-state index contributed by atoms with van der Waals surface area (Å²) in [6, 6.07) is 2.32. The molecule has 1 atom stereocenters. The summed E-state index contributed by atoms with van der Waals surface area (Å²) in [6.45, 7) is 1.21. The molecule has 0 aliphatic heterocycles. The number of aliphatic carboxylic acids is 1. The molecular weight excluding hydrogens is 268 g/mol. The summed E-state index contributed by atoms with van der Waals surface area (Å²) in [5.41, 5.74) is 3.22. The van der Waals surface area contributed by atoms with E-state index in [-0.39, 0.29) is 12.0 Å². The fourth-order valence-corrected chi connectivity index (χ4v) is 1.75. The largest absolute Gasteiger partial charge is 0.506 e. The molecule has 0 aliphatic carbocycles. The van der Waals surface area contributed by atoms with Crippen molar-refractivity contribution in [3.63, 3.8) is 0 Å². The highest BCUT2D eigenvalue weighted by atomic mass is 35.5. The quantitative estimate of drug-likeness (QED) is 0.790. The molecule has 0 bridgehead atoms. The molecular formula is C11H12ClF2NO3. The number of phenols is 1. The first-order valence-electron chi connectivity index (χ1n) is 4.97. The van der Waals surface area contributed by atoms with E-state index in [9.17, 15) is 18.7 Å². The Morgan fingerprint density at radius 3 is 2.56 bits per heavy atom. The molecule has 0 radical (unpaired) electrons. The van der Waals surface area contributed by atoms with Crippen molar-refractivity contribution in [2.24, 2.45) is 5.73 Å². The van der Waals surface area contributed by atoms with E-state index in [0.29, 0.717) is 0 Å². The Morgan fingerprint density at radius 2 is 2.11 bits per heavy atom. The summed E-state index contributed by atoms with van der Waals surface area (Å²) < 4.78 is 25.7. The molecule has 0 aliphatic rings. The minimum Gasteiger partial charge on any atom is -0.506 e. The second kappa shape index (κ2) is 5.07. The van der Waals surface area contributed by atoms with E-state index in [2.05, 4.69) is 0 Å². The molecule has 0 spiro atoms. The molecule has 4 nitrogen and oxygen atoms in total. The highest BCUT2D eigenvalue weighted by Gasteiger charge is 2.31. The third kappa shape index (κ3) is 2.88. The van der Waals surface area contributed by atoms with Gasteiger partial charge in [-0.15, -0.1) is 0 Å². The maximum atomic E-state index is 12.9. The maximum absolute atomic E-state index is 12.9. The maximum Gasteiger partial charge on any atom is 0.323 e. The fourth-order valence-electron chi connectivity index (χ4n) is 1.48. The predicted molar refractivity (Wildman–Crippen MR) is 62.0 cm³/mol. The van der Waals surface area contributed by atoms with Gasteiger partial charge < -0.3 is 15.9 Å². The van der Waals surface area contributed by atoms with E-state index in [1.165, 1.54) is 13.0 Å². The molecule has 0 unspecified atom stereocenters. The van der Waals surface area contributed by atoms with Crippen LogP contribution in [0.3, 0.4) is 0 Å². The van der Waals surface area contributed by atoms with Gasteiger partial charge in [0.05, 0.1) is 5.02 Å². The molecule has 1 rings (SSSR count). The van der Waals surface area contributed by atoms with Gasteiger partial charge in [-0.05, 0) is 18.6 Å². The van der Waals surface area contributed by atoms with Gasteiger partial charge in [0.15, 0.2) is 0 Å². The normalized spacial score (nSPS) is 14.6. The van der Waals surface area contributed by atoms with Gasteiger partial charge in [0, 0.05) is 12.0 Å². The lowest BCUT2D eigenvalue weighted by atomic mass is 9.91. The first-order chi connectivity index (χ1) is 8.16. The van der Waals surface area contributed by atoms with E-state index < -0.39 is 34.3 Å². The number of aromatic hydroxyl groups is 1. The van der Waals surface area contributed by atoms with E-state index in [0.717, 1.165) is 6.07 Å². The molecule has 0 heterocycles. The standard InChI is InChI=1S/C11H12ClF2NO3/c1-11(15,10(17)18)4-5-2-3-6(16)8(12)7(5)9(13)14/h2-3,9,16H,4,15H2,1H3,(H,17,18)/t11-/m0/s1. The van der Waals surface area contributed by atoms with E-state index in [1.54, 1.807) is 0 Å². The average Bonchev–Trinajstić information content (AvgIpc) is 2.22. The molecule has 0 amide bonds. The van der Waals surface area contributed by atoms with Crippen LogP contribution in [0.15, 0.2) is 12.1 Å². The van der Waals surface area contributed by atoms with Crippen LogP contribution in [0.2, 0.25) is 5.02 Å². The van der Waals surface area contributed by atoms with Gasteiger partial charge in [0.25, 0.3) is 6.43 Å². The fraction of sp³-hybridized carbons (Fsp3) is 0.364. The van der Waals surface area contributed by atoms with Crippen LogP contribution in [0.5, 0.6) is 5.75 Å². The summed E-state index contributed by atoms with van der Waals surface area (Å²) in [7, 11) is 0. The zero-order chi connectivity index (χ0) is 14.1. The lowest BCUT2D eigenvalue weighted by molar-refractivity contribution is -0.142. The van der Waals surface area contributed by atoms with Crippen LogP contribution in [0.1, 0.15) is 24.5 Å². The number of nitrogens with two attached hydrogens (primary N) is 1. The lowest BCUT2D eigenvalue weighted by Crippen LogP contribution is -2.47. The number of halogens is 3. The minimum absolute atomic E-state index is 0.000185. The molecule has 0 saturated heterocycles. The molecule has 4 N–H and O–H groups in total. The summed E-state index contributed by atoms with van der Waals surface area (Å²) in [5.74, 6) is -1.79. The number of carboxylic acid groups (broad SMARTS) is 1. The summed E-state index contributed by atoms with van der Waals surface area (Å²) in [5, 5.41) is 17.6. The monoisotopic (exact) mass is 279 g/mol. The Hall–Kier alpha value is -1.40. The van der Waals surface area contributed by atoms with Crippen molar-refractivity contribution < 1.29 is 23.8 Å². The van der Waals surface area contributed by atoms with Crippen molar-refractivity contribution in [1.82, 2.24) is 0 Å². The highest BCUT2D eigenvalue weighted by molar-refractivity contribution is 6.32. The Labute approximate surface area is 107 Å². The summed E-state index contributed by atoms with van der Waals surface area (Å²) in [4.78, 5) is 10.9. The smallest absolute Gasteiger partial charge is 0.323 e. The van der Waals surface area contributed by atoms with Crippen LogP contribution in [-0.4, -0.2) is 21.7 Å². The SMILES string of the molecule is C[C@](N)(Cc1ccc(O)c(Cl)c1C(F)F)C(=O)O. The number of benzene rings is 1. The Bertz CT molecular complexity index is 478. The summed E-state index contributed by atoms with van der Waals surface area (Å²) >= 11 is 5.58. The first-order valence-corrected chi connectivity index (χ1v) is 5.35. The molecule has 0 aromatic heterocycles. The van der Waals surface area contributed by atoms with Crippen molar-refractivity contribution in [2.45, 2.75) is 25.3 Å². The molecule has 1 aromatic carbocycles. The van der Waals surface area contributed by atoms with Crippen molar-refractivity contribution in [1.29, 1.82) is 0 Å². The van der Waals surface area contributed by atoms with Crippen molar-refractivity contribution in [3.8, 4) is 5.75 Å². The second-order valence-electron chi connectivity index (χ2n) is 4.17. The number of alkyl halides is 2. The van der Waals surface area contributed by atoms with Crippen molar-refractivity contribution in [3.05, 3.63) is 28.3 Å². The molecule has 7 heteroatoms. The van der Waals surface area contributed by atoms with Crippen LogP contribution >= 0.6 is 11.6 Å². The number of rotatable bonds is 4. The van der Waals surface area contributed by atoms with Gasteiger partial charge in [-0.1, -0.05) is 17.7 Å². The lowest BCUT2D eigenvalue weighted by Gasteiger charge is -2.21. The number of phenolic OH excluding ortho intramolecular Hbond substituents is 1. The van der Waals surface area contributed by atoms with Crippen LogP contribution in [0, 0.1) is 0 Å². The van der Waals surface area contributed by atoms with E-state index >= 15 is 0 Å². The summed E-state index contributed by atoms with van der Waals surface area (Å²) in [6.07, 6.45) is -3.24. The zero-order valence-corrected chi connectivity index (χ0v) is 10.2. The minimum atomic E-state index is -2.93. The van der Waals surface area contributed by atoms with Crippen LogP contribution < -0.4 is 5.73 Å². The molecule has 100 valence electrons. The first kappa shape index (κ1) is 14.7. The molecule has 0 saturated carbocycles. The Morgan fingerprint density at radius 1 is 1.56 bits per heavy atom.